The quantitative estimate of drug-likeness (QED) is 0.848. The molecule has 114 valence electrons. The molecule has 1 aliphatic rings. The normalized spacial score (nSPS) is 22.5. The Hall–Kier alpha value is -1.34. The molecule has 2 aromatic rings. The molecule has 21 heavy (non-hydrogen) atoms. The number of rotatable bonds is 3. The van der Waals surface area contributed by atoms with Crippen molar-refractivity contribution in [1.29, 1.82) is 0 Å². The predicted molar refractivity (Wildman–Crippen MR) is 75.8 cm³/mol. The van der Waals surface area contributed by atoms with Crippen LogP contribution in [-0.4, -0.2) is 22.3 Å². The first-order valence-electron chi connectivity index (χ1n) is 6.83. The van der Waals surface area contributed by atoms with Gasteiger partial charge < -0.3 is 14.3 Å². The van der Waals surface area contributed by atoms with Crippen molar-refractivity contribution in [2.75, 3.05) is 6.61 Å². The highest BCUT2D eigenvalue weighted by atomic mass is 32.1. The first-order valence-corrected chi connectivity index (χ1v) is 7.24. The van der Waals surface area contributed by atoms with Gasteiger partial charge in [-0.15, -0.1) is 0 Å². The topological polar surface area (TPSA) is 29.9 Å². The van der Waals surface area contributed by atoms with E-state index in [4.69, 9.17) is 17.0 Å². The monoisotopic (exact) mass is 316 g/mol. The second-order valence-electron chi connectivity index (χ2n) is 5.23. The molecule has 0 unspecified atom stereocenters. The first kappa shape index (κ1) is 14.6. The number of aromatic nitrogens is 2. The van der Waals surface area contributed by atoms with Gasteiger partial charge in [0, 0.05) is 12.6 Å². The summed E-state index contributed by atoms with van der Waals surface area (Å²) < 4.78 is 46.1. The molecule has 0 atom stereocenters. The fourth-order valence-electron chi connectivity index (χ4n) is 2.79. The van der Waals surface area contributed by atoms with Crippen LogP contribution in [0.2, 0.25) is 0 Å². The molecule has 1 heterocycles. The molecule has 1 saturated carbocycles. The van der Waals surface area contributed by atoms with Crippen LogP contribution in [-0.2, 0) is 10.9 Å². The van der Waals surface area contributed by atoms with Crippen LogP contribution >= 0.6 is 12.2 Å². The highest BCUT2D eigenvalue weighted by Crippen LogP contribution is 2.38. The lowest BCUT2D eigenvalue weighted by atomic mass is 9.89. The summed E-state index contributed by atoms with van der Waals surface area (Å²) in [4.78, 5) is 2.87. The maximum atomic E-state index is 12.7. The highest BCUT2D eigenvalue weighted by Gasteiger charge is 2.34. The van der Waals surface area contributed by atoms with Crippen LogP contribution < -0.4 is 0 Å². The Morgan fingerprint density at radius 3 is 2.71 bits per heavy atom. The largest absolute Gasteiger partial charge is 0.416 e. The zero-order valence-corrected chi connectivity index (χ0v) is 12.2. The number of aromatic amines is 1. The molecule has 0 saturated heterocycles. The number of hydrogen-bond acceptors (Lipinski definition) is 2. The van der Waals surface area contributed by atoms with Crippen LogP contribution in [0.4, 0.5) is 13.2 Å². The first-order chi connectivity index (χ1) is 9.90. The number of nitrogens with zero attached hydrogens (tertiary/aromatic N) is 1. The summed E-state index contributed by atoms with van der Waals surface area (Å²) in [6.07, 6.45) is -2.43. The zero-order valence-electron chi connectivity index (χ0n) is 11.4. The molecule has 1 fully saturated rings. The summed E-state index contributed by atoms with van der Waals surface area (Å²) in [5.41, 5.74) is 0.474. The highest BCUT2D eigenvalue weighted by molar-refractivity contribution is 7.71. The Balaban J connectivity index is 1.94. The van der Waals surface area contributed by atoms with Crippen molar-refractivity contribution in [2.45, 2.75) is 38.1 Å². The Kier molecular flexibility index (Phi) is 3.57. The Morgan fingerprint density at radius 1 is 1.38 bits per heavy atom. The molecule has 3 rings (SSSR count). The minimum atomic E-state index is -4.34. The second-order valence-corrected chi connectivity index (χ2v) is 5.62. The van der Waals surface area contributed by atoms with E-state index in [-0.39, 0.29) is 12.1 Å². The summed E-state index contributed by atoms with van der Waals surface area (Å²) in [7, 11) is 0. The number of nitrogens with one attached hydrogen (secondary N) is 1. The molecule has 1 aliphatic carbocycles. The summed E-state index contributed by atoms with van der Waals surface area (Å²) >= 11 is 5.25. The van der Waals surface area contributed by atoms with E-state index in [0.29, 0.717) is 22.4 Å². The van der Waals surface area contributed by atoms with E-state index < -0.39 is 11.7 Å². The van der Waals surface area contributed by atoms with Crippen molar-refractivity contribution in [3.05, 3.63) is 28.5 Å². The fourth-order valence-corrected chi connectivity index (χ4v) is 3.15. The molecular weight excluding hydrogens is 301 g/mol. The van der Waals surface area contributed by atoms with Crippen LogP contribution in [0.25, 0.3) is 11.0 Å². The van der Waals surface area contributed by atoms with E-state index in [1.165, 1.54) is 6.07 Å². The molecule has 0 amide bonds. The van der Waals surface area contributed by atoms with Crippen LogP contribution in [0, 0.1) is 4.77 Å². The molecule has 3 nitrogen and oxygen atoms in total. The lowest BCUT2D eigenvalue weighted by molar-refractivity contribution is -0.137. The number of halogens is 3. The lowest BCUT2D eigenvalue weighted by Crippen LogP contribution is -2.33. The van der Waals surface area contributed by atoms with E-state index in [2.05, 4.69) is 4.98 Å². The summed E-state index contributed by atoms with van der Waals surface area (Å²) in [6, 6.07) is 3.89. The maximum Gasteiger partial charge on any atom is 0.416 e. The summed E-state index contributed by atoms with van der Waals surface area (Å²) in [6.45, 7) is 2.62. The predicted octanol–water partition coefficient (Wildman–Crippen LogP) is 4.46. The van der Waals surface area contributed by atoms with Gasteiger partial charge in [-0.05, 0) is 50.2 Å². The van der Waals surface area contributed by atoms with Crippen molar-refractivity contribution in [3.63, 3.8) is 0 Å². The third-order valence-electron chi connectivity index (χ3n) is 3.88. The van der Waals surface area contributed by atoms with Gasteiger partial charge in [-0.3, -0.25) is 0 Å². The van der Waals surface area contributed by atoms with Gasteiger partial charge in [0.1, 0.15) is 0 Å². The van der Waals surface area contributed by atoms with E-state index in [0.717, 1.165) is 25.0 Å². The number of fused-ring (bicyclic) bond motifs is 1. The molecule has 7 heteroatoms. The number of alkyl halides is 3. The number of H-pyrrole nitrogens is 1. The lowest BCUT2D eigenvalue weighted by Gasteiger charge is -2.36. The minimum absolute atomic E-state index is 0.194. The molecule has 1 aromatic heterocycles. The van der Waals surface area contributed by atoms with Crippen LogP contribution in [0.5, 0.6) is 0 Å². The third kappa shape index (κ3) is 2.60. The molecule has 0 radical (unpaired) electrons. The second kappa shape index (κ2) is 5.14. The SMILES string of the molecule is CCOC1CC(n2c(=S)[nH]c3cc(C(F)(F)F)ccc32)C1. The Morgan fingerprint density at radius 2 is 2.10 bits per heavy atom. The van der Waals surface area contributed by atoms with Gasteiger partial charge in [-0.2, -0.15) is 13.2 Å². The molecule has 1 N–H and O–H groups in total. The minimum Gasteiger partial charge on any atom is -0.378 e. The molecule has 1 aromatic carbocycles. The third-order valence-corrected chi connectivity index (χ3v) is 4.18. The van der Waals surface area contributed by atoms with Crippen LogP contribution in [0.1, 0.15) is 31.4 Å². The van der Waals surface area contributed by atoms with Gasteiger partial charge >= 0.3 is 6.18 Å². The average molecular weight is 316 g/mol. The van der Waals surface area contributed by atoms with Crippen LogP contribution in [0.3, 0.4) is 0 Å². The van der Waals surface area contributed by atoms with E-state index in [1.54, 1.807) is 0 Å². The smallest absolute Gasteiger partial charge is 0.378 e. The van der Waals surface area contributed by atoms with Gasteiger partial charge in [0.05, 0.1) is 22.7 Å². The van der Waals surface area contributed by atoms with Gasteiger partial charge in [0.25, 0.3) is 0 Å². The van der Waals surface area contributed by atoms with Crippen molar-refractivity contribution in [1.82, 2.24) is 9.55 Å². The molecular formula is C14H15F3N2OS. The number of ether oxygens (including phenoxy) is 1. The van der Waals surface area contributed by atoms with Gasteiger partial charge in [0.15, 0.2) is 4.77 Å². The number of imidazole rings is 1. The Bertz CT molecular complexity index is 713. The zero-order chi connectivity index (χ0) is 15.2. The van der Waals surface area contributed by atoms with Crippen molar-refractivity contribution in [3.8, 4) is 0 Å². The Labute approximate surface area is 124 Å². The van der Waals surface area contributed by atoms with E-state index in [9.17, 15) is 13.2 Å². The van der Waals surface area contributed by atoms with Gasteiger partial charge in [0.2, 0.25) is 0 Å². The maximum absolute atomic E-state index is 12.7. The average Bonchev–Trinajstić information content (AvgIpc) is 2.67. The van der Waals surface area contributed by atoms with E-state index in [1.807, 2.05) is 11.5 Å². The van der Waals surface area contributed by atoms with Gasteiger partial charge in [-0.25, -0.2) is 0 Å². The van der Waals surface area contributed by atoms with E-state index >= 15 is 0 Å². The molecule has 0 aliphatic heterocycles. The number of hydrogen-bond donors (Lipinski definition) is 1. The summed E-state index contributed by atoms with van der Waals surface area (Å²) in [5, 5.41) is 0. The van der Waals surface area contributed by atoms with Gasteiger partial charge in [-0.1, -0.05) is 0 Å². The molecule has 0 spiro atoms. The standard InChI is InChI=1S/C14H15F3N2OS/c1-2-20-10-6-9(7-10)19-12-4-3-8(14(15,16)17)5-11(12)18-13(19)21/h3-5,9-10H,2,6-7H2,1H3,(H,18,21). The van der Waals surface area contributed by atoms with Crippen molar-refractivity contribution in [2.24, 2.45) is 0 Å². The summed E-state index contributed by atoms with van der Waals surface area (Å²) in [5.74, 6) is 0. The van der Waals surface area contributed by atoms with Crippen molar-refractivity contribution < 1.29 is 17.9 Å². The fraction of sp³-hybridized carbons (Fsp3) is 0.500. The number of benzene rings is 1. The van der Waals surface area contributed by atoms with Crippen molar-refractivity contribution >= 4 is 23.3 Å². The molecule has 0 bridgehead atoms. The van der Waals surface area contributed by atoms with Crippen LogP contribution in [0.15, 0.2) is 18.2 Å².